The molecule has 57 heavy (non-hydrogen) atoms. The Morgan fingerprint density at radius 1 is 0.316 bits per heavy atom. The normalized spacial score (nSPS) is 12.7. The molecule has 11 rings (SSSR count). The fourth-order valence-electron chi connectivity index (χ4n) is 9.26. The van der Waals surface area contributed by atoms with Gasteiger partial charge in [0.1, 0.15) is 0 Å². The van der Waals surface area contributed by atoms with Crippen molar-refractivity contribution in [2.45, 2.75) is 5.41 Å². The molecule has 0 saturated heterocycles. The molecule has 0 bridgehead atoms. The summed E-state index contributed by atoms with van der Waals surface area (Å²) in [6, 6.07) is 78.8. The Kier molecular flexibility index (Phi) is 7.75. The maximum Gasteiger partial charge on any atom is 0.161 e. The Morgan fingerprint density at radius 3 is 1.42 bits per heavy atom. The molecule has 0 radical (unpaired) electrons. The summed E-state index contributed by atoms with van der Waals surface area (Å²) < 4.78 is 0. The van der Waals surface area contributed by atoms with E-state index in [1.54, 1.807) is 0 Å². The van der Waals surface area contributed by atoms with Crippen LogP contribution >= 0.6 is 0 Å². The predicted molar refractivity (Wildman–Crippen MR) is 236 cm³/mol. The third-order valence-electron chi connectivity index (χ3n) is 11.8. The van der Waals surface area contributed by atoms with Crippen LogP contribution in [-0.2, 0) is 5.41 Å². The van der Waals surface area contributed by atoms with Crippen LogP contribution in [0.25, 0.3) is 77.7 Å². The quantitative estimate of drug-likeness (QED) is 0.171. The molecule has 0 unspecified atom stereocenters. The molecule has 10 aromatic rings. The SMILES string of the molecule is c1ccc(-c2cc(-c3ccccc3)nc(-c3ccc(-c4ccc5c(c4)-c4c(ccc6ccccc46)C5(c4ccccc4)c4ccccc4)c4ccccc34)n2)cc1. The predicted octanol–water partition coefficient (Wildman–Crippen LogP) is 13.8. The molecular weight excluding hydrogens is 689 g/mol. The summed E-state index contributed by atoms with van der Waals surface area (Å²) >= 11 is 0. The number of benzene rings is 9. The Bertz CT molecular complexity index is 3000. The van der Waals surface area contributed by atoms with E-state index in [1.165, 1.54) is 60.7 Å². The minimum atomic E-state index is -0.473. The fraction of sp³-hybridized carbons (Fsp3) is 0.0182. The van der Waals surface area contributed by atoms with Crippen LogP contribution in [-0.4, -0.2) is 9.97 Å². The molecule has 0 spiro atoms. The molecule has 0 aliphatic heterocycles. The lowest BCUT2D eigenvalue weighted by molar-refractivity contribution is 0.769. The van der Waals surface area contributed by atoms with Crippen LogP contribution in [0.4, 0.5) is 0 Å². The summed E-state index contributed by atoms with van der Waals surface area (Å²) in [5, 5.41) is 4.80. The number of fused-ring (bicyclic) bond motifs is 6. The van der Waals surface area contributed by atoms with Gasteiger partial charge in [-0.1, -0.05) is 200 Å². The number of rotatable bonds is 6. The lowest BCUT2D eigenvalue weighted by atomic mass is 9.67. The van der Waals surface area contributed by atoms with Crippen molar-refractivity contribution in [3.63, 3.8) is 0 Å². The van der Waals surface area contributed by atoms with Gasteiger partial charge in [0.05, 0.1) is 16.8 Å². The van der Waals surface area contributed by atoms with Crippen molar-refractivity contribution in [1.29, 1.82) is 0 Å². The summed E-state index contributed by atoms with van der Waals surface area (Å²) in [6.45, 7) is 0. The van der Waals surface area contributed by atoms with Gasteiger partial charge in [-0.15, -0.1) is 0 Å². The third-order valence-corrected chi connectivity index (χ3v) is 11.8. The molecular formula is C55H36N2. The monoisotopic (exact) mass is 724 g/mol. The van der Waals surface area contributed by atoms with Crippen molar-refractivity contribution < 1.29 is 0 Å². The smallest absolute Gasteiger partial charge is 0.161 e. The van der Waals surface area contributed by atoms with Gasteiger partial charge < -0.3 is 0 Å². The van der Waals surface area contributed by atoms with Gasteiger partial charge in [-0.05, 0) is 84.3 Å². The van der Waals surface area contributed by atoms with E-state index < -0.39 is 5.41 Å². The van der Waals surface area contributed by atoms with Crippen LogP contribution in [0.15, 0.2) is 218 Å². The van der Waals surface area contributed by atoms with Crippen molar-refractivity contribution in [3.05, 3.63) is 241 Å². The molecule has 0 amide bonds. The van der Waals surface area contributed by atoms with Crippen LogP contribution in [0.5, 0.6) is 0 Å². The van der Waals surface area contributed by atoms with Gasteiger partial charge in [0.2, 0.25) is 0 Å². The highest BCUT2D eigenvalue weighted by molar-refractivity contribution is 6.07. The summed E-state index contributed by atoms with van der Waals surface area (Å²) in [7, 11) is 0. The Labute approximate surface area is 332 Å². The lowest BCUT2D eigenvalue weighted by Gasteiger charge is -2.34. The largest absolute Gasteiger partial charge is 0.228 e. The standard InChI is InChI=1S/C55H36N2/c1-5-18-38(19-6-1)51-36-52(39-20-7-2-8-21-39)57-54(56-51)47-32-31-43(45-27-15-16-28-46(45)47)40-30-33-49-48(35-40)53-44-26-14-13-17-37(44)29-34-50(53)55(49,41-22-9-3-10-23-41)42-24-11-4-12-25-42/h1-36H. The molecule has 1 aliphatic carbocycles. The van der Waals surface area contributed by atoms with E-state index in [0.717, 1.165) is 33.5 Å². The zero-order chi connectivity index (χ0) is 37.8. The van der Waals surface area contributed by atoms with E-state index in [1.807, 2.05) is 12.1 Å². The molecule has 0 fully saturated rings. The van der Waals surface area contributed by atoms with E-state index in [2.05, 4.69) is 206 Å². The second-order valence-corrected chi connectivity index (χ2v) is 14.9. The van der Waals surface area contributed by atoms with Crippen LogP contribution in [0.1, 0.15) is 22.3 Å². The molecule has 9 aromatic carbocycles. The molecule has 266 valence electrons. The first-order valence-electron chi connectivity index (χ1n) is 19.6. The zero-order valence-corrected chi connectivity index (χ0v) is 31.2. The summed E-state index contributed by atoms with van der Waals surface area (Å²) in [5.74, 6) is 0.711. The number of nitrogens with zero attached hydrogens (tertiary/aromatic N) is 2. The number of hydrogen-bond donors (Lipinski definition) is 0. The topological polar surface area (TPSA) is 25.8 Å². The van der Waals surface area contributed by atoms with Gasteiger partial charge in [-0.3, -0.25) is 0 Å². The highest BCUT2D eigenvalue weighted by Gasteiger charge is 2.46. The van der Waals surface area contributed by atoms with Crippen molar-refractivity contribution >= 4 is 21.5 Å². The average Bonchev–Trinajstić information content (AvgIpc) is 3.60. The summed E-state index contributed by atoms with van der Waals surface area (Å²) in [5.41, 5.74) is 14.5. The van der Waals surface area contributed by atoms with Crippen LogP contribution in [0, 0.1) is 0 Å². The van der Waals surface area contributed by atoms with Crippen molar-refractivity contribution in [3.8, 4) is 56.2 Å². The zero-order valence-electron chi connectivity index (χ0n) is 31.2. The highest BCUT2D eigenvalue weighted by Crippen LogP contribution is 2.58. The van der Waals surface area contributed by atoms with Crippen LogP contribution in [0.2, 0.25) is 0 Å². The second-order valence-electron chi connectivity index (χ2n) is 14.9. The molecule has 1 aromatic heterocycles. The third kappa shape index (κ3) is 5.26. The van der Waals surface area contributed by atoms with Gasteiger partial charge in [0.25, 0.3) is 0 Å². The Hall–Kier alpha value is -7.42. The van der Waals surface area contributed by atoms with Crippen molar-refractivity contribution in [1.82, 2.24) is 9.97 Å². The number of aromatic nitrogens is 2. The Morgan fingerprint density at radius 2 is 0.807 bits per heavy atom. The van der Waals surface area contributed by atoms with Gasteiger partial charge in [0.15, 0.2) is 5.82 Å². The maximum absolute atomic E-state index is 5.22. The van der Waals surface area contributed by atoms with E-state index in [9.17, 15) is 0 Å². The molecule has 0 N–H and O–H groups in total. The average molecular weight is 725 g/mol. The molecule has 1 aliphatic rings. The van der Waals surface area contributed by atoms with E-state index >= 15 is 0 Å². The highest BCUT2D eigenvalue weighted by atomic mass is 14.9. The van der Waals surface area contributed by atoms with E-state index in [0.29, 0.717) is 5.82 Å². The first-order chi connectivity index (χ1) is 28.3. The maximum atomic E-state index is 5.22. The van der Waals surface area contributed by atoms with Gasteiger partial charge in [-0.25, -0.2) is 9.97 Å². The molecule has 1 heterocycles. The summed E-state index contributed by atoms with van der Waals surface area (Å²) in [4.78, 5) is 10.4. The van der Waals surface area contributed by atoms with E-state index in [4.69, 9.17) is 9.97 Å². The van der Waals surface area contributed by atoms with E-state index in [-0.39, 0.29) is 0 Å². The Balaban J connectivity index is 1.14. The van der Waals surface area contributed by atoms with Crippen molar-refractivity contribution in [2.24, 2.45) is 0 Å². The van der Waals surface area contributed by atoms with Crippen LogP contribution in [0.3, 0.4) is 0 Å². The molecule has 0 saturated carbocycles. The van der Waals surface area contributed by atoms with Gasteiger partial charge in [0, 0.05) is 16.7 Å². The fourth-order valence-corrected chi connectivity index (χ4v) is 9.26. The minimum absolute atomic E-state index is 0.473. The molecule has 2 nitrogen and oxygen atoms in total. The second kappa shape index (κ2) is 13.4. The van der Waals surface area contributed by atoms with Crippen LogP contribution < -0.4 is 0 Å². The number of hydrogen-bond acceptors (Lipinski definition) is 2. The first-order valence-corrected chi connectivity index (χ1v) is 19.6. The minimum Gasteiger partial charge on any atom is -0.228 e. The lowest BCUT2D eigenvalue weighted by Crippen LogP contribution is -2.28. The van der Waals surface area contributed by atoms with Gasteiger partial charge in [-0.2, -0.15) is 0 Å². The summed E-state index contributed by atoms with van der Waals surface area (Å²) in [6.07, 6.45) is 0. The van der Waals surface area contributed by atoms with Crippen molar-refractivity contribution in [2.75, 3.05) is 0 Å². The first kappa shape index (κ1) is 33.0. The van der Waals surface area contributed by atoms with Gasteiger partial charge >= 0.3 is 0 Å². The molecule has 0 atom stereocenters. The molecule has 2 heteroatoms.